The van der Waals surface area contributed by atoms with Crippen LogP contribution in [0.5, 0.6) is 0 Å². The van der Waals surface area contributed by atoms with Gasteiger partial charge < -0.3 is 20.3 Å². The number of hydrogen-bond donors (Lipinski definition) is 2. The van der Waals surface area contributed by atoms with Crippen molar-refractivity contribution in [2.45, 2.75) is 33.2 Å². The molecule has 1 aromatic carbocycles. The highest BCUT2D eigenvalue weighted by molar-refractivity contribution is 5.95. The van der Waals surface area contributed by atoms with Crippen LogP contribution in [0.2, 0.25) is 0 Å². The second kappa shape index (κ2) is 11.8. The van der Waals surface area contributed by atoms with Crippen LogP contribution in [0.3, 0.4) is 0 Å². The summed E-state index contributed by atoms with van der Waals surface area (Å²) in [5, 5.41) is 5.68. The number of hydrogen-bond acceptors (Lipinski definition) is 5. The van der Waals surface area contributed by atoms with Crippen LogP contribution in [0.1, 0.15) is 38.8 Å². The molecule has 2 aliphatic rings. The van der Waals surface area contributed by atoms with E-state index in [-0.39, 0.29) is 18.7 Å². The lowest BCUT2D eigenvalue weighted by molar-refractivity contribution is -0.139. The third-order valence-corrected chi connectivity index (χ3v) is 6.01. The van der Waals surface area contributed by atoms with Crippen molar-refractivity contribution in [2.75, 3.05) is 52.4 Å². The Kier molecular flexibility index (Phi) is 8.86. The fraction of sp³-hybridized carbons (Fsp3) is 0.542. The summed E-state index contributed by atoms with van der Waals surface area (Å²) in [6.45, 7) is 9.36. The molecule has 3 rings (SSSR count). The van der Waals surface area contributed by atoms with Gasteiger partial charge in [-0.15, -0.1) is 0 Å². The minimum atomic E-state index is -0.821. The van der Waals surface area contributed by atoms with Gasteiger partial charge in [0, 0.05) is 51.5 Å². The van der Waals surface area contributed by atoms with Crippen LogP contribution < -0.4 is 10.6 Å². The Labute approximate surface area is 199 Å². The van der Waals surface area contributed by atoms with Crippen LogP contribution in [0.4, 0.5) is 14.0 Å². The molecule has 0 aliphatic carbocycles. The van der Waals surface area contributed by atoms with Crippen molar-refractivity contribution in [3.8, 4) is 0 Å². The number of carbonyl (C=O) groups is 3. The lowest BCUT2D eigenvalue weighted by atomic mass is 9.94. The van der Waals surface area contributed by atoms with Gasteiger partial charge in [-0.3, -0.25) is 9.80 Å². The molecule has 186 valence electrons. The SMILES string of the molecule is CCNC(=O)N1CCCN(CC2=C(C(=O)OCC)C(c3cccc(F)c3)NC(=O)N2CC)CC1. The summed E-state index contributed by atoms with van der Waals surface area (Å²) in [5.74, 6) is -0.989. The number of ether oxygens (including phenoxy) is 1. The zero-order chi connectivity index (χ0) is 24.7. The molecule has 9 nitrogen and oxygen atoms in total. The summed E-state index contributed by atoms with van der Waals surface area (Å²) < 4.78 is 19.4. The van der Waals surface area contributed by atoms with Crippen LogP contribution in [-0.4, -0.2) is 85.2 Å². The average molecular weight is 476 g/mol. The van der Waals surface area contributed by atoms with Gasteiger partial charge in [-0.25, -0.2) is 18.8 Å². The zero-order valence-electron chi connectivity index (χ0n) is 20.1. The van der Waals surface area contributed by atoms with Gasteiger partial charge in [0.25, 0.3) is 0 Å². The quantitative estimate of drug-likeness (QED) is 0.591. The molecule has 4 amide bonds. The largest absolute Gasteiger partial charge is 0.463 e. The standard InChI is InChI=1S/C24H34FN5O4/c1-4-26-23(32)29-12-8-11-28(13-14-29)16-19-20(22(31)34-6-3)21(27-24(33)30(19)5-2)17-9-7-10-18(25)15-17/h7,9-10,15,21H,4-6,8,11-14,16H2,1-3H3,(H,26,32)(H,27,33). The first-order chi connectivity index (χ1) is 16.4. The molecular formula is C24H34FN5O4. The Bertz CT molecular complexity index is 938. The number of rotatable bonds is 7. The van der Waals surface area contributed by atoms with E-state index in [1.807, 2.05) is 13.8 Å². The summed E-state index contributed by atoms with van der Waals surface area (Å²) in [6, 6.07) is 4.61. The first kappa shape index (κ1) is 25.5. The molecular weight excluding hydrogens is 441 g/mol. The van der Waals surface area contributed by atoms with Crippen molar-refractivity contribution in [3.05, 3.63) is 46.9 Å². The van der Waals surface area contributed by atoms with Crippen LogP contribution in [0.25, 0.3) is 0 Å². The molecule has 1 atom stereocenters. The van der Waals surface area contributed by atoms with Gasteiger partial charge in [0.2, 0.25) is 0 Å². The van der Waals surface area contributed by atoms with Gasteiger partial charge in [0.1, 0.15) is 5.82 Å². The Morgan fingerprint density at radius 3 is 2.65 bits per heavy atom. The molecule has 1 saturated heterocycles. The first-order valence-electron chi connectivity index (χ1n) is 11.9. The van der Waals surface area contributed by atoms with E-state index >= 15 is 0 Å². The highest BCUT2D eigenvalue weighted by Crippen LogP contribution is 2.32. The Morgan fingerprint density at radius 1 is 1.18 bits per heavy atom. The second-order valence-corrected chi connectivity index (χ2v) is 8.21. The smallest absolute Gasteiger partial charge is 0.338 e. The molecule has 10 heteroatoms. The van der Waals surface area contributed by atoms with Crippen LogP contribution >= 0.6 is 0 Å². The molecule has 1 fully saturated rings. The van der Waals surface area contributed by atoms with E-state index in [1.54, 1.807) is 24.0 Å². The fourth-order valence-electron chi connectivity index (χ4n) is 4.40. The summed E-state index contributed by atoms with van der Waals surface area (Å²) in [7, 11) is 0. The van der Waals surface area contributed by atoms with E-state index in [1.165, 1.54) is 17.0 Å². The highest BCUT2D eigenvalue weighted by Gasteiger charge is 2.38. The predicted molar refractivity (Wildman–Crippen MR) is 125 cm³/mol. The molecule has 34 heavy (non-hydrogen) atoms. The van der Waals surface area contributed by atoms with E-state index in [4.69, 9.17) is 4.74 Å². The molecule has 0 spiro atoms. The van der Waals surface area contributed by atoms with Gasteiger partial charge in [-0.05, 0) is 44.9 Å². The normalized spacial score (nSPS) is 19.5. The summed E-state index contributed by atoms with van der Waals surface area (Å²) in [5.41, 5.74) is 1.33. The van der Waals surface area contributed by atoms with Crippen LogP contribution in [0, 0.1) is 5.82 Å². The van der Waals surface area contributed by atoms with E-state index in [9.17, 15) is 18.8 Å². The maximum atomic E-state index is 14.0. The van der Waals surface area contributed by atoms with Crippen molar-refractivity contribution in [1.29, 1.82) is 0 Å². The van der Waals surface area contributed by atoms with Gasteiger partial charge in [-0.1, -0.05) is 12.1 Å². The highest BCUT2D eigenvalue weighted by atomic mass is 19.1. The van der Waals surface area contributed by atoms with Crippen molar-refractivity contribution in [1.82, 2.24) is 25.3 Å². The Hall–Kier alpha value is -3.14. The van der Waals surface area contributed by atoms with Gasteiger partial charge >= 0.3 is 18.0 Å². The molecule has 2 aliphatic heterocycles. The lowest BCUT2D eigenvalue weighted by Gasteiger charge is -2.38. The number of carbonyl (C=O) groups excluding carboxylic acids is 3. The summed E-state index contributed by atoms with van der Waals surface area (Å²) in [4.78, 5) is 43.9. The van der Waals surface area contributed by atoms with Crippen molar-refractivity contribution in [3.63, 3.8) is 0 Å². The number of amides is 4. The lowest BCUT2D eigenvalue weighted by Crippen LogP contribution is -2.51. The van der Waals surface area contributed by atoms with E-state index in [2.05, 4.69) is 15.5 Å². The Morgan fingerprint density at radius 2 is 1.97 bits per heavy atom. The maximum Gasteiger partial charge on any atom is 0.338 e. The molecule has 2 N–H and O–H groups in total. The summed E-state index contributed by atoms with van der Waals surface area (Å²) >= 11 is 0. The summed E-state index contributed by atoms with van der Waals surface area (Å²) in [6.07, 6.45) is 0.769. The Balaban J connectivity index is 1.96. The number of halogens is 1. The molecule has 1 unspecified atom stereocenters. The molecule has 0 radical (unpaired) electrons. The first-order valence-corrected chi connectivity index (χ1v) is 11.9. The number of likely N-dealkylation sites (N-methyl/N-ethyl adjacent to an activating group) is 1. The number of nitrogens with zero attached hydrogens (tertiary/aromatic N) is 3. The van der Waals surface area contributed by atoms with Gasteiger partial charge in [0.15, 0.2) is 0 Å². The second-order valence-electron chi connectivity index (χ2n) is 8.21. The third kappa shape index (κ3) is 5.85. The fourth-order valence-corrected chi connectivity index (χ4v) is 4.40. The average Bonchev–Trinajstić information content (AvgIpc) is 3.05. The third-order valence-electron chi connectivity index (χ3n) is 6.01. The van der Waals surface area contributed by atoms with E-state index in [0.717, 1.165) is 6.42 Å². The van der Waals surface area contributed by atoms with Crippen molar-refractivity contribution >= 4 is 18.0 Å². The van der Waals surface area contributed by atoms with Gasteiger partial charge in [-0.2, -0.15) is 0 Å². The number of nitrogens with one attached hydrogen (secondary N) is 2. The van der Waals surface area contributed by atoms with Gasteiger partial charge in [0.05, 0.1) is 18.2 Å². The predicted octanol–water partition coefficient (Wildman–Crippen LogP) is 2.47. The minimum Gasteiger partial charge on any atom is -0.463 e. The minimum absolute atomic E-state index is 0.0887. The van der Waals surface area contributed by atoms with Crippen LogP contribution in [-0.2, 0) is 9.53 Å². The van der Waals surface area contributed by atoms with Crippen LogP contribution in [0.15, 0.2) is 35.5 Å². The zero-order valence-corrected chi connectivity index (χ0v) is 20.1. The monoisotopic (exact) mass is 475 g/mol. The molecule has 0 aromatic heterocycles. The van der Waals surface area contributed by atoms with Crippen molar-refractivity contribution < 1.29 is 23.5 Å². The number of esters is 1. The molecule has 0 bridgehead atoms. The molecule has 0 saturated carbocycles. The topological polar surface area (TPSA) is 94.2 Å². The van der Waals surface area contributed by atoms with Crippen molar-refractivity contribution in [2.24, 2.45) is 0 Å². The van der Waals surface area contributed by atoms with E-state index < -0.39 is 17.8 Å². The molecule has 1 aromatic rings. The molecule has 2 heterocycles. The van der Waals surface area contributed by atoms with E-state index in [0.29, 0.717) is 62.6 Å². The number of urea groups is 2. The maximum absolute atomic E-state index is 14.0. The number of benzene rings is 1.